The molecule has 0 fully saturated rings. The highest BCUT2D eigenvalue weighted by atomic mass is 16.3. The third kappa shape index (κ3) is 1.34. The fourth-order valence-electron chi connectivity index (χ4n) is 3.55. The molecule has 1 aromatic rings. The largest absolute Gasteiger partial charge is 0.388 e. The summed E-state index contributed by atoms with van der Waals surface area (Å²) in [6, 6.07) is 2.37. The minimum atomic E-state index is -0.196. The van der Waals surface area contributed by atoms with Crippen LogP contribution in [0.25, 0.3) is 0 Å². The second-order valence-electron chi connectivity index (χ2n) is 5.56. The molecule has 0 amide bonds. The quantitative estimate of drug-likeness (QED) is 0.764. The number of hydrogen-bond acceptors (Lipinski definition) is 1. The Morgan fingerprint density at radius 1 is 1.19 bits per heavy atom. The maximum absolute atomic E-state index is 10.1. The molecule has 0 aliphatic heterocycles. The Balaban J connectivity index is 2.26. The lowest BCUT2D eigenvalue weighted by Crippen LogP contribution is -2.05. The summed E-state index contributed by atoms with van der Waals surface area (Å²) < 4.78 is 0. The Hall–Kier alpha value is -0.820. The Morgan fingerprint density at radius 3 is 2.75 bits per heavy atom. The minimum Gasteiger partial charge on any atom is -0.388 e. The zero-order chi connectivity index (χ0) is 11.3. The molecule has 2 aliphatic rings. The van der Waals surface area contributed by atoms with Crippen LogP contribution in [-0.4, -0.2) is 5.11 Å². The molecule has 1 N–H and O–H groups in total. The monoisotopic (exact) mass is 216 g/mol. The molecular formula is C15H20O. The van der Waals surface area contributed by atoms with Crippen molar-refractivity contribution in [2.24, 2.45) is 0 Å². The average molecular weight is 216 g/mol. The number of aliphatic hydroxyl groups is 1. The van der Waals surface area contributed by atoms with Gasteiger partial charge in [0.2, 0.25) is 0 Å². The van der Waals surface area contributed by atoms with Gasteiger partial charge >= 0.3 is 0 Å². The standard InChI is InChI=1S/C15H20O/c1-9(2)14-12-5-3-4-10(12)8-11-6-7-13(16)15(11)14/h8-9,13,16H,3-7H2,1-2H3/t13-/m1/s1. The van der Waals surface area contributed by atoms with Gasteiger partial charge in [0, 0.05) is 0 Å². The molecule has 16 heavy (non-hydrogen) atoms. The van der Waals surface area contributed by atoms with Gasteiger partial charge in [-0.05, 0) is 65.8 Å². The van der Waals surface area contributed by atoms with Crippen LogP contribution in [0.15, 0.2) is 6.07 Å². The fraction of sp³-hybridized carbons (Fsp3) is 0.600. The second-order valence-corrected chi connectivity index (χ2v) is 5.56. The zero-order valence-corrected chi connectivity index (χ0v) is 10.2. The highest BCUT2D eigenvalue weighted by molar-refractivity contribution is 5.52. The van der Waals surface area contributed by atoms with Crippen LogP contribution in [0.4, 0.5) is 0 Å². The third-order valence-corrected chi connectivity index (χ3v) is 4.17. The van der Waals surface area contributed by atoms with Crippen molar-refractivity contribution in [3.05, 3.63) is 33.9 Å². The van der Waals surface area contributed by atoms with E-state index in [2.05, 4.69) is 19.9 Å². The summed E-state index contributed by atoms with van der Waals surface area (Å²) in [4.78, 5) is 0. The number of hydrogen-bond donors (Lipinski definition) is 1. The average Bonchev–Trinajstić information content (AvgIpc) is 2.82. The lowest BCUT2D eigenvalue weighted by Gasteiger charge is -2.19. The van der Waals surface area contributed by atoms with Gasteiger partial charge in [-0.25, -0.2) is 0 Å². The fourth-order valence-corrected chi connectivity index (χ4v) is 3.55. The van der Waals surface area contributed by atoms with Crippen molar-refractivity contribution in [3.8, 4) is 0 Å². The van der Waals surface area contributed by atoms with Gasteiger partial charge in [0.25, 0.3) is 0 Å². The van der Waals surface area contributed by atoms with E-state index < -0.39 is 0 Å². The van der Waals surface area contributed by atoms with Crippen LogP contribution in [0.2, 0.25) is 0 Å². The first-order valence-electron chi connectivity index (χ1n) is 6.54. The van der Waals surface area contributed by atoms with Gasteiger partial charge in [0.15, 0.2) is 0 Å². The van der Waals surface area contributed by atoms with E-state index in [1.165, 1.54) is 36.0 Å². The summed E-state index contributed by atoms with van der Waals surface area (Å²) in [5.41, 5.74) is 7.33. The first-order chi connectivity index (χ1) is 7.68. The van der Waals surface area contributed by atoms with Crippen LogP contribution in [0.3, 0.4) is 0 Å². The molecule has 0 spiro atoms. The van der Waals surface area contributed by atoms with Gasteiger partial charge in [-0.15, -0.1) is 0 Å². The van der Waals surface area contributed by atoms with Crippen molar-refractivity contribution in [2.75, 3.05) is 0 Å². The van der Waals surface area contributed by atoms with E-state index in [-0.39, 0.29) is 6.10 Å². The SMILES string of the molecule is CC(C)c1c2c(cc3c1[C@H](O)CC3)CCC2. The molecule has 0 unspecified atom stereocenters. The van der Waals surface area contributed by atoms with Crippen molar-refractivity contribution in [1.29, 1.82) is 0 Å². The van der Waals surface area contributed by atoms with Crippen LogP contribution < -0.4 is 0 Å². The van der Waals surface area contributed by atoms with Crippen molar-refractivity contribution in [2.45, 2.75) is 58.0 Å². The molecule has 0 radical (unpaired) electrons. The highest BCUT2D eigenvalue weighted by Crippen LogP contribution is 2.42. The molecule has 2 aliphatic carbocycles. The molecule has 0 saturated carbocycles. The van der Waals surface area contributed by atoms with E-state index in [1.807, 2.05) is 0 Å². The predicted octanol–water partition coefficient (Wildman–Crippen LogP) is 3.28. The van der Waals surface area contributed by atoms with Crippen LogP contribution >= 0.6 is 0 Å². The maximum atomic E-state index is 10.1. The van der Waals surface area contributed by atoms with Gasteiger partial charge in [-0.3, -0.25) is 0 Å². The van der Waals surface area contributed by atoms with E-state index in [4.69, 9.17) is 0 Å². The van der Waals surface area contributed by atoms with Gasteiger partial charge in [0.1, 0.15) is 0 Å². The highest BCUT2D eigenvalue weighted by Gasteiger charge is 2.29. The third-order valence-electron chi connectivity index (χ3n) is 4.17. The van der Waals surface area contributed by atoms with Crippen LogP contribution in [0, 0.1) is 0 Å². The number of aryl methyl sites for hydroxylation is 2. The maximum Gasteiger partial charge on any atom is 0.0798 e. The summed E-state index contributed by atoms with van der Waals surface area (Å²) in [5, 5.41) is 10.1. The molecule has 0 saturated heterocycles. The molecule has 86 valence electrons. The van der Waals surface area contributed by atoms with E-state index >= 15 is 0 Å². The summed E-state index contributed by atoms with van der Waals surface area (Å²) in [6.07, 6.45) is 5.58. The smallest absolute Gasteiger partial charge is 0.0798 e. The number of rotatable bonds is 1. The Bertz CT molecular complexity index is 432. The van der Waals surface area contributed by atoms with Gasteiger partial charge in [0.05, 0.1) is 6.10 Å². The van der Waals surface area contributed by atoms with Gasteiger partial charge in [-0.1, -0.05) is 19.9 Å². The zero-order valence-electron chi connectivity index (χ0n) is 10.2. The number of aliphatic hydroxyl groups excluding tert-OH is 1. The van der Waals surface area contributed by atoms with Gasteiger partial charge < -0.3 is 5.11 Å². The molecule has 1 aromatic carbocycles. The van der Waals surface area contributed by atoms with E-state index in [9.17, 15) is 5.11 Å². The van der Waals surface area contributed by atoms with Crippen LogP contribution in [0.1, 0.15) is 66.5 Å². The Kier molecular flexibility index (Phi) is 2.32. The minimum absolute atomic E-state index is 0.196. The molecule has 3 rings (SSSR count). The lowest BCUT2D eigenvalue weighted by atomic mass is 9.87. The molecule has 1 nitrogen and oxygen atoms in total. The normalized spacial score (nSPS) is 22.6. The van der Waals surface area contributed by atoms with Crippen molar-refractivity contribution >= 4 is 0 Å². The summed E-state index contributed by atoms with van der Waals surface area (Å²) in [7, 11) is 0. The number of benzene rings is 1. The summed E-state index contributed by atoms with van der Waals surface area (Å²) >= 11 is 0. The van der Waals surface area contributed by atoms with E-state index in [0.717, 1.165) is 12.8 Å². The molecule has 0 heterocycles. The summed E-state index contributed by atoms with van der Waals surface area (Å²) in [6.45, 7) is 4.53. The molecule has 1 heteroatoms. The number of fused-ring (bicyclic) bond motifs is 2. The van der Waals surface area contributed by atoms with Crippen molar-refractivity contribution in [1.82, 2.24) is 0 Å². The topological polar surface area (TPSA) is 20.2 Å². The van der Waals surface area contributed by atoms with Crippen molar-refractivity contribution in [3.63, 3.8) is 0 Å². The van der Waals surface area contributed by atoms with Gasteiger partial charge in [-0.2, -0.15) is 0 Å². The second kappa shape index (κ2) is 3.59. The van der Waals surface area contributed by atoms with E-state index in [1.54, 1.807) is 11.1 Å². The molecule has 1 atom stereocenters. The first-order valence-corrected chi connectivity index (χ1v) is 6.54. The summed E-state index contributed by atoms with van der Waals surface area (Å²) in [5.74, 6) is 0.551. The molecule has 0 aromatic heterocycles. The van der Waals surface area contributed by atoms with E-state index in [0.29, 0.717) is 5.92 Å². The Morgan fingerprint density at radius 2 is 2.00 bits per heavy atom. The predicted molar refractivity (Wildman–Crippen MR) is 65.8 cm³/mol. The van der Waals surface area contributed by atoms with Crippen LogP contribution in [-0.2, 0) is 19.3 Å². The Labute approximate surface area is 97.5 Å². The first kappa shape index (κ1) is 10.3. The van der Waals surface area contributed by atoms with Crippen LogP contribution in [0.5, 0.6) is 0 Å². The lowest BCUT2D eigenvalue weighted by molar-refractivity contribution is 0.178. The molecule has 0 bridgehead atoms. The van der Waals surface area contributed by atoms with Crippen molar-refractivity contribution < 1.29 is 5.11 Å². The molecular weight excluding hydrogens is 196 g/mol.